The molecule has 2 rings (SSSR count). The topological polar surface area (TPSA) is 43.3 Å². The molecule has 0 bridgehead atoms. The van der Waals surface area contributed by atoms with Crippen LogP contribution in [-0.4, -0.2) is 14.6 Å². The summed E-state index contributed by atoms with van der Waals surface area (Å²) in [7, 11) is 0. The number of rotatable bonds is 1. The Hall–Kier alpha value is -1.58. The van der Waals surface area contributed by atoms with E-state index in [-0.39, 0.29) is 0 Å². The predicted molar refractivity (Wildman–Crippen MR) is 35.3 cm³/mol. The summed E-state index contributed by atoms with van der Waals surface area (Å²) < 4.78 is 6.82. The lowest BCUT2D eigenvalue weighted by atomic mass is 10.5. The third-order valence-corrected chi connectivity index (χ3v) is 1.22. The van der Waals surface area contributed by atoms with Gasteiger partial charge in [0.25, 0.3) is 0 Å². The van der Waals surface area contributed by atoms with Crippen LogP contribution in [0.15, 0.2) is 23.5 Å². The maximum absolute atomic E-state index is 5.13. The van der Waals surface area contributed by atoms with E-state index < -0.39 is 0 Å². The summed E-state index contributed by atoms with van der Waals surface area (Å²) in [4.78, 5) is 0. The Morgan fingerprint density at radius 1 is 1.70 bits per heavy atom. The monoisotopic (exact) mass is 135 g/mol. The zero-order chi connectivity index (χ0) is 6.97. The van der Waals surface area contributed by atoms with Gasteiger partial charge in [0.1, 0.15) is 12.1 Å². The summed E-state index contributed by atoms with van der Waals surface area (Å²) in [5.74, 6) is 1.19. The molecular weight excluding hydrogens is 130 g/mol. The minimum atomic E-state index is 0.495. The Bertz CT molecular complexity index is 331. The minimum absolute atomic E-state index is 0.495. The van der Waals surface area contributed by atoms with E-state index in [2.05, 4.69) is 16.8 Å². The third kappa shape index (κ3) is 0.556. The van der Waals surface area contributed by atoms with Gasteiger partial charge in [-0.25, -0.2) is 0 Å². The molecule has 0 aliphatic rings. The first-order valence-corrected chi connectivity index (χ1v) is 2.82. The first kappa shape index (κ1) is 5.22. The molecule has 0 aliphatic carbocycles. The second-order valence-corrected chi connectivity index (χ2v) is 1.86. The van der Waals surface area contributed by atoms with Crippen LogP contribution in [0.4, 0.5) is 0 Å². The van der Waals surface area contributed by atoms with Crippen LogP contribution in [0.1, 0.15) is 5.76 Å². The normalized spacial score (nSPS) is 10.4. The van der Waals surface area contributed by atoms with E-state index in [9.17, 15) is 0 Å². The molecule has 10 heavy (non-hydrogen) atoms. The van der Waals surface area contributed by atoms with Crippen molar-refractivity contribution < 1.29 is 4.42 Å². The van der Waals surface area contributed by atoms with Gasteiger partial charge in [-0.3, -0.25) is 4.40 Å². The average molecular weight is 135 g/mol. The molecule has 0 aliphatic heterocycles. The van der Waals surface area contributed by atoms with Gasteiger partial charge in [0.15, 0.2) is 0 Å². The minimum Gasteiger partial charge on any atom is -0.423 e. The fourth-order valence-corrected chi connectivity index (χ4v) is 0.757. The first-order valence-electron chi connectivity index (χ1n) is 2.82. The van der Waals surface area contributed by atoms with Crippen LogP contribution in [0.5, 0.6) is 0 Å². The maximum Gasteiger partial charge on any atom is 0.326 e. The Labute approximate surface area is 56.8 Å². The van der Waals surface area contributed by atoms with Gasteiger partial charge in [-0.2, -0.15) is 0 Å². The van der Waals surface area contributed by atoms with Crippen molar-refractivity contribution in [1.82, 2.24) is 14.6 Å². The standard InChI is InChI=1S/C6H5N3O/c1-2-5-3-9-4-7-8-6(9)10-5/h2-4H,1H2. The van der Waals surface area contributed by atoms with Gasteiger partial charge >= 0.3 is 5.84 Å². The molecule has 0 spiro atoms. The van der Waals surface area contributed by atoms with Gasteiger partial charge in [-0.1, -0.05) is 11.7 Å². The van der Waals surface area contributed by atoms with Crippen LogP contribution in [0.25, 0.3) is 11.9 Å². The molecule has 0 aromatic carbocycles. The van der Waals surface area contributed by atoms with E-state index in [1.54, 1.807) is 23.0 Å². The lowest BCUT2D eigenvalue weighted by molar-refractivity contribution is 0.582. The number of aromatic nitrogens is 3. The number of hydrogen-bond donors (Lipinski definition) is 0. The quantitative estimate of drug-likeness (QED) is 0.585. The van der Waals surface area contributed by atoms with Crippen molar-refractivity contribution in [3.05, 3.63) is 24.9 Å². The molecular formula is C6H5N3O. The van der Waals surface area contributed by atoms with E-state index in [1.165, 1.54) is 0 Å². The highest BCUT2D eigenvalue weighted by Gasteiger charge is 1.99. The molecule has 0 N–H and O–H groups in total. The van der Waals surface area contributed by atoms with Crippen molar-refractivity contribution in [1.29, 1.82) is 0 Å². The predicted octanol–water partition coefficient (Wildman–Crippen LogP) is 0.965. The Balaban J connectivity index is 2.78. The summed E-state index contributed by atoms with van der Waals surface area (Å²) in [6, 6.07) is 0. The smallest absolute Gasteiger partial charge is 0.326 e. The van der Waals surface area contributed by atoms with Gasteiger partial charge in [0, 0.05) is 0 Å². The molecule has 0 amide bonds. The van der Waals surface area contributed by atoms with Crippen molar-refractivity contribution in [2.45, 2.75) is 0 Å². The SMILES string of the molecule is C=Cc1cn2cnnc2o1. The van der Waals surface area contributed by atoms with Gasteiger partial charge in [0.05, 0.1) is 6.20 Å². The van der Waals surface area contributed by atoms with Crippen molar-refractivity contribution in [3.8, 4) is 0 Å². The molecule has 2 aromatic rings. The van der Waals surface area contributed by atoms with Crippen LogP contribution in [-0.2, 0) is 0 Å². The zero-order valence-corrected chi connectivity index (χ0v) is 5.19. The molecule has 2 heterocycles. The molecule has 4 nitrogen and oxygen atoms in total. The molecule has 0 radical (unpaired) electrons. The van der Waals surface area contributed by atoms with E-state index in [0.717, 1.165) is 0 Å². The lowest BCUT2D eigenvalue weighted by Crippen LogP contribution is -1.68. The highest BCUT2D eigenvalue weighted by atomic mass is 16.4. The van der Waals surface area contributed by atoms with Crippen LogP contribution in [0.3, 0.4) is 0 Å². The summed E-state index contributed by atoms with van der Waals surface area (Å²) in [6.07, 6.45) is 4.96. The highest BCUT2D eigenvalue weighted by molar-refractivity contribution is 5.41. The molecule has 2 aromatic heterocycles. The molecule has 50 valence electrons. The number of nitrogens with zero attached hydrogens (tertiary/aromatic N) is 3. The molecule has 4 heteroatoms. The number of oxazole rings is 1. The van der Waals surface area contributed by atoms with Gasteiger partial charge in [0.2, 0.25) is 0 Å². The largest absolute Gasteiger partial charge is 0.423 e. The molecule has 0 fully saturated rings. The van der Waals surface area contributed by atoms with Crippen molar-refractivity contribution in [2.24, 2.45) is 0 Å². The highest BCUT2D eigenvalue weighted by Crippen LogP contribution is 2.06. The van der Waals surface area contributed by atoms with E-state index >= 15 is 0 Å². The Kier molecular flexibility index (Phi) is 0.887. The Morgan fingerprint density at radius 3 is 3.30 bits per heavy atom. The second kappa shape index (κ2) is 1.70. The summed E-state index contributed by atoms with van der Waals surface area (Å²) in [5.41, 5.74) is 0. The van der Waals surface area contributed by atoms with Crippen LogP contribution in [0, 0.1) is 0 Å². The fraction of sp³-hybridized carbons (Fsp3) is 0. The molecule has 0 unspecified atom stereocenters. The lowest BCUT2D eigenvalue weighted by Gasteiger charge is -1.73. The fourth-order valence-electron chi connectivity index (χ4n) is 0.757. The summed E-state index contributed by atoms with van der Waals surface area (Å²) in [6.45, 7) is 3.55. The summed E-state index contributed by atoms with van der Waals surface area (Å²) in [5, 5.41) is 7.31. The van der Waals surface area contributed by atoms with Gasteiger partial charge in [-0.05, 0) is 6.08 Å². The van der Waals surface area contributed by atoms with Crippen molar-refractivity contribution >= 4 is 11.9 Å². The molecule has 0 saturated carbocycles. The Morgan fingerprint density at radius 2 is 2.60 bits per heavy atom. The van der Waals surface area contributed by atoms with Gasteiger partial charge < -0.3 is 4.42 Å². The average Bonchev–Trinajstić information content (AvgIpc) is 2.42. The number of fused-ring (bicyclic) bond motifs is 1. The van der Waals surface area contributed by atoms with Crippen LogP contribution < -0.4 is 0 Å². The molecule has 0 saturated heterocycles. The van der Waals surface area contributed by atoms with Crippen molar-refractivity contribution in [3.63, 3.8) is 0 Å². The molecule has 0 atom stereocenters. The van der Waals surface area contributed by atoms with Crippen LogP contribution in [0.2, 0.25) is 0 Å². The number of hydrogen-bond acceptors (Lipinski definition) is 3. The van der Waals surface area contributed by atoms with Gasteiger partial charge in [-0.15, -0.1) is 5.10 Å². The van der Waals surface area contributed by atoms with E-state index in [4.69, 9.17) is 4.42 Å². The zero-order valence-electron chi connectivity index (χ0n) is 5.19. The van der Waals surface area contributed by atoms with E-state index in [0.29, 0.717) is 11.6 Å². The van der Waals surface area contributed by atoms with Crippen LogP contribution >= 0.6 is 0 Å². The first-order chi connectivity index (χ1) is 4.90. The maximum atomic E-state index is 5.13. The second-order valence-electron chi connectivity index (χ2n) is 1.86. The van der Waals surface area contributed by atoms with Crippen molar-refractivity contribution in [2.75, 3.05) is 0 Å². The van der Waals surface area contributed by atoms with E-state index in [1.807, 2.05) is 0 Å². The summed E-state index contributed by atoms with van der Waals surface area (Å²) >= 11 is 0. The third-order valence-electron chi connectivity index (χ3n) is 1.22.